The van der Waals surface area contributed by atoms with E-state index in [-0.39, 0.29) is 12.4 Å². The largest absolute Gasteiger partial charge is 0.396 e. The molecule has 0 aliphatic rings. The summed E-state index contributed by atoms with van der Waals surface area (Å²) in [4.78, 5) is 0. The Balaban J connectivity index is 2.11. The first-order chi connectivity index (χ1) is 8.19. The molecule has 0 unspecified atom stereocenters. The predicted molar refractivity (Wildman–Crippen MR) is 64.0 cm³/mol. The van der Waals surface area contributed by atoms with E-state index in [1.165, 1.54) is 6.07 Å². The molecule has 17 heavy (non-hydrogen) atoms. The van der Waals surface area contributed by atoms with Gasteiger partial charge in [0.1, 0.15) is 5.82 Å². The van der Waals surface area contributed by atoms with Gasteiger partial charge < -0.3 is 5.11 Å². The number of halogens is 2. The van der Waals surface area contributed by atoms with Gasteiger partial charge in [0, 0.05) is 19.2 Å². The fourth-order valence-corrected chi connectivity index (χ4v) is 1.90. The van der Waals surface area contributed by atoms with Crippen LogP contribution in [0.3, 0.4) is 0 Å². The lowest BCUT2D eigenvalue weighted by atomic mass is 10.2. The standard InChI is InChI=1S/C11H11BrFN3O/c12-10-5-8(1-2-11(10)13)6-16-7-9(3-4-17)14-15-16/h1-2,5,7,17H,3-4,6H2. The number of rotatable bonds is 4. The van der Waals surface area contributed by atoms with Gasteiger partial charge in [-0.3, -0.25) is 0 Å². The molecule has 0 radical (unpaired) electrons. The van der Waals surface area contributed by atoms with Gasteiger partial charge in [-0.1, -0.05) is 11.3 Å². The molecule has 1 aromatic heterocycles. The average Bonchev–Trinajstić information content (AvgIpc) is 2.72. The molecule has 0 amide bonds. The minimum absolute atomic E-state index is 0.0563. The number of benzene rings is 1. The number of nitrogens with zero attached hydrogens (tertiary/aromatic N) is 3. The SMILES string of the molecule is OCCc1cn(Cc2ccc(F)c(Br)c2)nn1. The van der Waals surface area contributed by atoms with E-state index in [2.05, 4.69) is 26.2 Å². The van der Waals surface area contributed by atoms with Gasteiger partial charge in [-0.2, -0.15) is 0 Å². The van der Waals surface area contributed by atoms with Crippen molar-refractivity contribution in [3.05, 3.63) is 45.9 Å². The van der Waals surface area contributed by atoms with E-state index in [0.717, 1.165) is 11.3 Å². The Morgan fingerprint density at radius 1 is 1.41 bits per heavy atom. The van der Waals surface area contributed by atoms with Gasteiger partial charge in [0.25, 0.3) is 0 Å². The van der Waals surface area contributed by atoms with Gasteiger partial charge in [-0.05, 0) is 33.6 Å². The smallest absolute Gasteiger partial charge is 0.137 e. The van der Waals surface area contributed by atoms with Crippen molar-refractivity contribution < 1.29 is 9.50 Å². The molecule has 2 aromatic rings. The molecule has 6 heteroatoms. The summed E-state index contributed by atoms with van der Waals surface area (Å²) in [6.07, 6.45) is 2.26. The molecule has 0 fully saturated rings. The fourth-order valence-electron chi connectivity index (χ4n) is 1.47. The summed E-state index contributed by atoms with van der Waals surface area (Å²) in [6.45, 7) is 0.581. The van der Waals surface area contributed by atoms with E-state index in [0.29, 0.717) is 17.4 Å². The van der Waals surface area contributed by atoms with E-state index < -0.39 is 0 Å². The average molecular weight is 300 g/mol. The molecule has 0 spiro atoms. The highest BCUT2D eigenvalue weighted by Crippen LogP contribution is 2.17. The molecule has 0 bridgehead atoms. The summed E-state index contributed by atoms with van der Waals surface area (Å²) in [5.74, 6) is -0.284. The molecule has 0 aliphatic heterocycles. The maximum atomic E-state index is 13.0. The second-order valence-electron chi connectivity index (χ2n) is 3.63. The van der Waals surface area contributed by atoms with Crippen molar-refractivity contribution in [1.82, 2.24) is 15.0 Å². The first-order valence-corrected chi connectivity index (χ1v) is 5.92. The number of aliphatic hydroxyl groups excluding tert-OH is 1. The van der Waals surface area contributed by atoms with Crippen LogP contribution in [0, 0.1) is 5.82 Å². The Morgan fingerprint density at radius 2 is 2.24 bits per heavy atom. The highest BCUT2D eigenvalue weighted by molar-refractivity contribution is 9.10. The predicted octanol–water partition coefficient (Wildman–Crippen LogP) is 1.76. The molecule has 90 valence electrons. The zero-order chi connectivity index (χ0) is 12.3. The Hall–Kier alpha value is -1.27. The summed E-state index contributed by atoms with van der Waals surface area (Å²) in [7, 11) is 0. The third-order valence-corrected chi connectivity index (χ3v) is 2.89. The lowest BCUT2D eigenvalue weighted by Gasteiger charge is -2.02. The number of hydrogen-bond donors (Lipinski definition) is 1. The molecule has 4 nitrogen and oxygen atoms in total. The zero-order valence-electron chi connectivity index (χ0n) is 8.98. The second-order valence-corrected chi connectivity index (χ2v) is 4.48. The maximum absolute atomic E-state index is 13.0. The number of hydrogen-bond acceptors (Lipinski definition) is 3. The van der Waals surface area contributed by atoms with Crippen LogP contribution in [-0.4, -0.2) is 26.7 Å². The quantitative estimate of drug-likeness (QED) is 0.936. The molecule has 2 rings (SSSR count). The molecule has 1 N–H and O–H groups in total. The van der Waals surface area contributed by atoms with E-state index in [1.807, 2.05) is 0 Å². The van der Waals surface area contributed by atoms with Crippen molar-refractivity contribution in [2.45, 2.75) is 13.0 Å². The van der Waals surface area contributed by atoms with E-state index in [1.54, 1.807) is 23.0 Å². The highest BCUT2D eigenvalue weighted by Gasteiger charge is 2.03. The topological polar surface area (TPSA) is 50.9 Å². The van der Waals surface area contributed by atoms with Crippen LogP contribution in [0.15, 0.2) is 28.9 Å². The van der Waals surface area contributed by atoms with E-state index in [4.69, 9.17) is 5.11 Å². The Morgan fingerprint density at radius 3 is 2.94 bits per heavy atom. The third kappa shape index (κ3) is 3.10. The lowest BCUT2D eigenvalue weighted by Crippen LogP contribution is -2.00. The normalized spacial score (nSPS) is 10.8. The highest BCUT2D eigenvalue weighted by atomic mass is 79.9. The van der Waals surface area contributed by atoms with Gasteiger partial charge in [0.15, 0.2) is 0 Å². The molecular weight excluding hydrogens is 289 g/mol. The minimum atomic E-state index is -0.284. The van der Waals surface area contributed by atoms with Crippen LogP contribution < -0.4 is 0 Å². The summed E-state index contributed by atoms with van der Waals surface area (Å²) in [5, 5.41) is 16.6. The van der Waals surface area contributed by atoms with Crippen molar-refractivity contribution >= 4 is 15.9 Å². The minimum Gasteiger partial charge on any atom is -0.396 e. The Kier molecular flexibility index (Phi) is 3.86. The van der Waals surface area contributed by atoms with Gasteiger partial charge in [0.05, 0.1) is 16.7 Å². The van der Waals surface area contributed by atoms with E-state index >= 15 is 0 Å². The summed E-state index contributed by atoms with van der Waals surface area (Å²) < 4.78 is 15.1. The van der Waals surface area contributed by atoms with Crippen molar-refractivity contribution in [1.29, 1.82) is 0 Å². The summed E-state index contributed by atoms with van der Waals surface area (Å²) in [6, 6.07) is 4.82. The number of aromatic nitrogens is 3. The molecule has 0 atom stereocenters. The number of aliphatic hydroxyl groups is 1. The van der Waals surface area contributed by atoms with Crippen LogP contribution >= 0.6 is 15.9 Å². The molecule has 0 aliphatic carbocycles. The van der Waals surface area contributed by atoms with Gasteiger partial charge >= 0.3 is 0 Å². The first-order valence-electron chi connectivity index (χ1n) is 5.13. The maximum Gasteiger partial charge on any atom is 0.137 e. The van der Waals surface area contributed by atoms with E-state index in [9.17, 15) is 4.39 Å². The fraction of sp³-hybridized carbons (Fsp3) is 0.273. The van der Waals surface area contributed by atoms with Gasteiger partial charge in [-0.25, -0.2) is 9.07 Å². The lowest BCUT2D eigenvalue weighted by molar-refractivity contribution is 0.298. The van der Waals surface area contributed by atoms with Crippen LogP contribution in [0.5, 0.6) is 0 Å². The third-order valence-electron chi connectivity index (χ3n) is 2.28. The van der Waals surface area contributed by atoms with Crippen LogP contribution in [-0.2, 0) is 13.0 Å². The molecule has 1 heterocycles. The Bertz CT molecular complexity index is 515. The van der Waals surface area contributed by atoms with Gasteiger partial charge in [-0.15, -0.1) is 5.10 Å². The summed E-state index contributed by atoms with van der Waals surface area (Å²) in [5.41, 5.74) is 1.67. The summed E-state index contributed by atoms with van der Waals surface area (Å²) >= 11 is 3.14. The zero-order valence-corrected chi connectivity index (χ0v) is 10.6. The van der Waals surface area contributed by atoms with Crippen molar-refractivity contribution in [2.24, 2.45) is 0 Å². The molecule has 0 saturated heterocycles. The first kappa shape index (κ1) is 12.2. The van der Waals surface area contributed by atoms with Crippen LogP contribution in [0.25, 0.3) is 0 Å². The van der Waals surface area contributed by atoms with Gasteiger partial charge in [0.2, 0.25) is 0 Å². The van der Waals surface area contributed by atoms with Crippen molar-refractivity contribution in [3.8, 4) is 0 Å². The monoisotopic (exact) mass is 299 g/mol. The van der Waals surface area contributed by atoms with Crippen molar-refractivity contribution in [2.75, 3.05) is 6.61 Å². The molecule has 0 saturated carbocycles. The van der Waals surface area contributed by atoms with Crippen LogP contribution in [0.1, 0.15) is 11.3 Å². The Labute approximate surface area is 106 Å². The second kappa shape index (κ2) is 5.37. The van der Waals surface area contributed by atoms with Crippen LogP contribution in [0.4, 0.5) is 4.39 Å². The molecular formula is C11H11BrFN3O. The van der Waals surface area contributed by atoms with Crippen molar-refractivity contribution in [3.63, 3.8) is 0 Å². The molecule has 1 aromatic carbocycles. The van der Waals surface area contributed by atoms with Crippen LogP contribution in [0.2, 0.25) is 0 Å².